The maximum Gasteiger partial charge on any atom is 0.143 e. The van der Waals surface area contributed by atoms with Crippen LogP contribution in [0.2, 0.25) is 0 Å². The normalized spacial score (nSPS) is 23.9. The van der Waals surface area contributed by atoms with Crippen molar-refractivity contribution in [3.05, 3.63) is 65.7 Å². The lowest BCUT2D eigenvalue weighted by atomic mass is 9.77. The number of rotatable bonds is 4. The first-order valence-corrected chi connectivity index (χ1v) is 10.3. The minimum atomic E-state index is 0.171. The monoisotopic (exact) mass is 351 g/mol. The number of allylic oxidation sites excluding steroid dienone is 2. The number of benzene rings is 2. The van der Waals surface area contributed by atoms with Crippen LogP contribution in [0.3, 0.4) is 0 Å². The molecule has 0 aromatic heterocycles. The predicted molar refractivity (Wildman–Crippen MR) is 107 cm³/mol. The van der Waals surface area contributed by atoms with E-state index in [0.29, 0.717) is 17.9 Å². The molecule has 3 unspecified atom stereocenters. The molecule has 3 atom stereocenters. The molecule has 0 fully saturated rings. The van der Waals surface area contributed by atoms with Gasteiger partial charge in [0, 0.05) is 10.8 Å². The molecule has 4 rings (SSSR count). The van der Waals surface area contributed by atoms with Crippen molar-refractivity contribution in [1.29, 1.82) is 0 Å². The number of ether oxygens (including phenoxy) is 1. The average Bonchev–Trinajstić information content (AvgIpc) is 3.11. The van der Waals surface area contributed by atoms with Gasteiger partial charge < -0.3 is 10.1 Å². The molecule has 130 valence electrons. The molecule has 2 aromatic rings. The van der Waals surface area contributed by atoms with Crippen molar-refractivity contribution < 1.29 is 4.74 Å². The lowest BCUT2D eigenvalue weighted by Crippen LogP contribution is -2.29. The van der Waals surface area contributed by atoms with Gasteiger partial charge in [-0.3, -0.25) is 0 Å². The Balaban J connectivity index is 1.74. The molecule has 1 aliphatic carbocycles. The first kappa shape index (κ1) is 16.6. The van der Waals surface area contributed by atoms with Crippen LogP contribution in [-0.2, 0) is 0 Å². The summed E-state index contributed by atoms with van der Waals surface area (Å²) in [5.74, 6) is 2.01. The zero-order chi connectivity index (χ0) is 17.4. The Morgan fingerprint density at radius 2 is 1.92 bits per heavy atom. The van der Waals surface area contributed by atoms with Gasteiger partial charge in [-0.2, -0.15) is 0 Å². The van der Waals surface area contributed by atoms with Crippen molar-refractivity contribution in [1.82, 2.24) is 0 Å². The van der Waals surface area contributed by atoms with E-state index in [0.717, 1.165) is 12.2 Å². The quantitative estimate of drug-likeness (QED) is 0.537. The molecule has 1 N–H and O–H groups in total. The van der Waals surface area contributed by atoms with Crippen molar-refractivity contribution in [2.45, 2.75) is 43.2 Å². The van der Waals surface area contributed by atoms with Gasteiger partial charge in [0.15, 0.2) is 0 Å². The highest BCUT2D eigenvalue weighted by molar-refractivity contribution is 7.98. The number of fused-ring (bicyclic) bond motifs is 3. The van der Waals surface area contributed by atoms with Gasteiger partial charge in [0.1, 0.15) is 5.75 Å². The number of hydrogen-bond acceptors (Lipinski definition) is 3. The largest absolute Gasteiger partial charge is 0.489 e. The van der Waals surface area contributed by atoms with Gasteiger partial charge in [-0.1, -0.05) is 36.4 Å². The fourth-order valence-corrected chi connectivity index (χ4v) is 4.49. The van der Waals surface area contributed by atoms with Crippen LogP contribution >= 0.6 is 11.8 Å². The van der Waals surface area contributed by atoms with Crippen molar-refractivity contribution in [3.63, 3.8) is 0 Å². The Morgan fingerprint density at radius 1 is 1.12 bits per heavy atom. The summed E-state index contributed by atoms with van der Waals surface area (Å²) < 4.78 is 6.09. The van der Waals surface area contributed by atoms with Gasteiger partial charge >= 0.3 is 0 Å². The standard InChI is InChI=1S/C22H25NOS/c1-14(2)24-20-9-5-8-19-17-6-4-7-18(17)21(23-22(19)20)15-10-12-16(25-3)13-11-15/h4-6,8-14,17-18,21,23H,7H2,1-3H3. The highest BCUT2D eigenvalue weighted by Crippen LogP contribution is 2.52. The van der Waals surface area contributed by atoms with Crippen LogP contribution in [0, 0.1) is 5.92 Å². The second-order valence-corrected chi connectivity index (χ2v) is 8.02. The first-order valence-electron chi connectivity index (χ1n) is 9.04. The van der Waals surface area contributed by atoms with Gasteiger partial charge in [0.25, 0.3) is 0 Å². The predicted octanol–water partition coefficient (Wildman–Crippen LogP) is 6.02. The Kier molecular flexibility index (Phi) is 4.51. The van der Waals surface area contributed by atoms with E-state index in [9.17, 15) is 0 Å². The molecule has 0 saturated carbocycles. The molecule has 3 heteroatoms. The third-order valence-corrected chi connectivity index (χ3v) is 5.94. The van der Waals surface area contributed by atoms with E-state index in [-0.39, 0.29) is 6.10 Å². The zero-order valence-electron chi connectivity index (χ0n) is 15.0. The smallest absolute Gasteiger partial charge is 0.143 e. The molecular formula is C22H25NOS. The van der Waals surface area contributed by atoms with Gasteiger partial charge in [-0.05, 0) is 61.8 Å². The summed E-state index contributed by atoms with van der Waals surface area (Å²) in [7, 11) is 0. The maximum absolute atomic E-state index is 6.09. The highest BCUT2D eigenvalue weighted by atomic mass is 32.2. The summed E-state index contributed by atoms with van der Waals surface area (Å²) >= 11 is 1.79. The van der Waals surface area contributed by atoms with E-state index in [1.807, 2.05) is 0 Å². The third kappa shape index (κ3) is 3.06. The number of anilines is 1. The number of hydrogen-bond donors (Lipinski definition) is 1. The zero-order valence-corrected chi connectivity index (χ0v) is 15.8. The van der Waals surface area contributed by atoms with E-state index >= 15 is 0 Å². The molecule has 0 amide bonds. The Morgan fingerprint density at radius 3 is 2.64 bits per heavy atom. The van der Waals surface area contributed by atoms with Gasteiger partial charge in [0.2, 0.25) is 0 Å². The molecule has 0 saturated heterocycles. The minimum absolute atomic E-state index is 0.171. The van der Waals surface area contributed by atoms with E-state index in [4.69, 9.17) is 4.74 Å². The molecule has 25 heavy (non-hydrogen) atoms. The van der Waals surface area contributed by atoms with E-state index in [1.165, 1.54) is 21.7 Å². The van der Waals surface area contributed by atoms with Crippen LogP contribution in [0.4, 0.5) is 5.69 Å². The average molecular weight is 352 g/mol. The molecule has 0 radical (unpaired) electrons. The summed E-state index contributed by atoms with van der Waals surface area (Å²) in [6.45, 7) is 4.16. The van der Waals surface area contributed by atoms with Crippen molar-refractivity contribution in [2.75, 3.05) is 11.6 Å². The first-order chi connectivity index (χ1) is 12.2. The summed E-state index contributed by atoms with van der Waals surface area (Å²) in [4.78, 5) is 1.31. The van der Waals surface area contributed by atoms with Crippen LogP contribution in [0.5, 0.6) is 5.75 Å². The van der Waals surface area contributed by atoms with Gasteiger partial charge in [-0.15, -0.1) is 11.8 Å². The summed E-state index contributed by atoms with van der Waals surface area (Å²) in [6, 6.07) is 15.8. The second kappa shape index (κ2) is 6.80. The topological polar surface area (TPSA) is 21.3 Å². The maximum atomic E-state index is 6.09. The molecular weight excluding hydrogens is 326 g/mol. The highest BCUT2D eigenvalue weighted by Gasteiger charge is 2.38. The molecule has 0 spiro atoms. The van der Waals surface area contributed by atoms with E-state index < -0.39 is 0 Å². The lowest BCUT2D eigenvalue weighted by Gasteiger charge is -2.38. The lowest BCUT2D eigenvalue weighted by molar-refractivity contribution is 0.242. The summed E-state index contributed by atoms with van der Waals surface area (Å²) in [5, 5.41) is 3.82. The molecule has 2 aliphatic rings. The van der Waals surface area contributed by atoms with Crippen molar-refractivity contribution >= 4 is 17.4 Å². The van der Waals surface area contributed by atoms with Crippen LogP contribution in [0.25, 0.3) is 0 Å². The Labute approximate surface area is 154 Å². The Hall–Kier alpha value is -1.87. The fraction of sp³-hybridized carbons (Fsp3) is 0.364. The number of thioether (sulfide) groups is 1. The van der Waals surface area contributed by atoms with Gasteiger partial charge in [-0.25, -0.2) is 0 Å². The molecule has 1 aliphatic heterocycles. The van der Waals surface area contributed by atoms with Crippen LogP contribution in [-0.4, -0.2) is 12.4 Å². The molecule has 2 aromatic carbocycles. The molecule has 1 heterocycles. The third-order valence-electron chi connectivity index (χ3n) is 5.20. The van der Waals surface area contributed by atoms with Crippen molar-refractivity contribution in [2.24, 2.45) is 5.92 Å². The van der Waals surface area contributed by atoms with E-state index in [2.05, 4.69) is 80.0 Å². The van der Waals surface area contributed by atoms with E-state index in [1.54, 1.807) is 11.8 Å². The SMILES string of the molecule is CSc1ccc(C2Nc3c(OC(C)C)cccc3C3C=CCC32)cc1. The molecule has 0 bridgehead atoms. The summed E-state index contributed by atoms with van der Waals surface area (Å²) in [5.41, 5.74) is 3.90. The minimum Gasteiger partial charge on any atom is -0.489 e. The summed E-state index contributed by atoms with van der Waals surface area (Å²) in [6.07, 6.45) is 8.14. The number of para-hydroxylation sites is 1. The van der Waals surface area contributed by atoms with Crippen LogP contribution in [0.1, 0.15) is 43.4 Å². The second-order valence-electron chi connectivity index (χ2n) is 7.14. The Bertz CT molecular complexity index is 781. The fourth-order valence-electron chi connectivity index (χ4n) is 4.09. The number of nitrogens with one attached hydrogen (secondary N) is 1. The van der Waals surface area contributed by atoms with Crippen LogP contribution in [0.15, 0.2) is 59.5 Å². The van der Waals surface area contributed by atoms with Crippen LogP contribution < -0.4 is 10.1 Å². The van der Waals surface area contributed by atoms with Crippen molar-refractivity contribution in [3.8, 4) is 5.75 Å². The van der Waals surface area contributed by atoms with Gasteiger partial charge in [0.05, 0.1) is 17.8 Å². The molecule has 2 nitrogen and oxygen atoms in total.